The summed E-state index contributed by atoms with van der Waals surface area (Å²) in [5, 5.41) is 28.6. The van der Waals surface area contributed by atoms with Crippen LogP contribution < -0.4 is 5.32 Å². The highest BCUT2D eigenvalue weighted by Gasteiger charge is 2.15. The van der Waals surface area contributed by atoms with E-state index >= 15 is 0 Å². The fourth-order valence-corrected chi connectivity index (χ4v) is 2.18. The number of allylic oxidation sites excluding steroid dienone is 1. The molecule has 0 aliphatic carbocycles. The molecule has 0 saturated heterocycles. The molecule has 1 aromatic carbocycles. The highest BCUT2D eigenvalue weighted by Crippen LogP contribution is 2.29. The van der Waals surface area contributed by atoms with Crippen LogP contribution in [-0.4, -0.2) is 21.3 Å². The predicted molar refractivity (Wildman–Crippen MR) is 87.4 cm³/mol. The van der Waals surface area contributed by atoms with Crippen LogP contribution >= 0.6 is 0 Å². The van der Waals surface area contributed by atoms with E-state index in [9.17, 15) is 9.50 Å². The van der Waals surface area contributed by atoms with E-state index in [-0.39, 0.29) is 12.1 Å². The monoisotopic (exact) mass is 325 g/mol. The molecular weight excluding hydrogens is 309 g/mol. The van der Waals surface area contributed by atoms with Crippen LogP contribution in [0.25, 0.3) is 11.3 Å². The number of benzene rings is 1. The largest absolute Gasteiger partial charge is 0.389 e. The molecule has 1 atom stereocenters. The van der Waals surface area contributed by atoms with Crippen molar-refractivity contribution in [1.82, 2.24) is 15.3 Å². The molecule has 0 amide bonds. The molecule has 3 N–H and O–H groups in total. The minimum Gasteiger partial charge on any atom is -0.389 e. The summed E-state index contributed by atoms with van der Waals surface area (Å²) in [5.74, 6) is -0.439. The van der Waals surface area contributed by atoms with Gasteiger partial charge in [-0.05, 0) is 30.7 Å². The fraction of sp³-hybridized carbons (Fsp3) is 0.176. The second-order valence-corrected chi connectivity index (χ2v) is 5.00. The maximum Gasteiger partial charge on any atom is 0.123 e. The van der Waals surface area contributed by atoms with Crippen molar-refractivity contribution in [1.29, 1.82) is 10.7 Å². The number of hydrogen-bond donors (Lipinski definition) is 3. The van der Waals surface area contributed by atoms with E-state index in [0.29, 0.717) is 22.5 Å². The third-order valence-electron chi connectivity index (χ3n) is 3.30. The Balaban J connectivity index is 2.38. The third kappa shape index (κ3) is 4.00. The van der Waals surface area contributed by atoms with Crippen LogP contribution in [0.4, 0.5) is 4.39 Å². The van der Waals surface area contributed by atoms with E-state index in [0.717, 1.165) is 6.21 Å². The average molecular weight is 325 g/mol. The number of aliphatic hydroxyl groups is 1. The number of aliphatic hydroxyl groups excluding tert-OH is 1. The van der Waals surface area contributed by atoms with Crippen LogP contribution in [0.1, 0.15) is 24.3 Å². The smallest absolute Gasteiger partial charge is 0.123 e. The lowest BCUT2D eigenvalue weighted by molar-refractivity contribution is 0.199. The molecule has 7 heteroatoms. The minimum absolute atomic E-state index is 0.173. The first-order valence-corrected chi connectivity index (χ1v) is 7.18. The zero-order valence-electron chi connectivity index (χ0n) is 13.0. The SMILES string of the molecule is CC(O)c1cc(F)ccc1-c1nccnc1CN/C=C(/C#N)C=N. The normalized spacial score (nSPS) is 12.3. The van der Waals surface area contributed by atoms with Crippen LogP contribution in [0.2, 0.25) is 0 Å². The first-order chi connectivity index (χ1) is 11.6. The van der Waals surface area contributed by atoms with Gasteiger partial charge in [-0.15, -0.1) is 0 Å². The molecule has 6 nitrogen and oxygen atoms in total. The summed E-state index contributed by atoms with van der Waals surface area (Å²) in [7, 11) is 0. The van der Waals surface area contributed by atoms with E-state index in [4.69, 9.17) is 10.7 Å². The Morgan fingerprint density at radius 3 is 2.88 bits per heavy atom. The maximum atomic E-state index is 13.5. The van der Waals surface area contributed by atoms with Crippen molar-refractivity contribution in [2.24, 2.45) is 0 Å². The number of rotatable bonds is 6. The average Bonchev–Trinajstić information content (AvgIpc) is 2.59. The predicted octanol–water partition coefficient (Wildman–Crippen LogP) is 2.48. The second kappa shape index (κ2) is 7.94. The highest BCUT2D eigenvalue weighted by atomic mass is 19.1. The summed E-state index contributed by atoms with van der Waals surface area (Å²) >= 11 is 0. The van der Waals surface area contributed by atoms with Gasteiger partial charge in [0.05, 0.1) is 29.6 Å². The lowest BCUT2D eigenvalue weighted by Crippen LogP contribution is -2.10. The van der Waals surface area contributed by atoms with Gasteiger partial charge in [0.15, 0.2) is 0 Å². The van der Waals surface area contributed by atoms with Gasteiger partial charge in [-0.2, -0.15) is 5.26 Å². The van der Waals surface area contributed by atoms with Crippen molar-refractivity contribution in [2.45, 2.75) is 19.6 Å². The van der Waals surface area contributed by atoms with E-state index < -0.39 is 11.9 Å². The van der Waals surface area contributed by atoms with Crippen LogP contribution in [0.5, 0.6) is 0 Å². The number of nitrogens with zero attached hydrogens (tertiary/aromatic N) is 3. The summed E-state index contributed by atoms with van der Waals surface area (Å²) in [6.45, 7) is 1.82. The first-order valence-electron chi connectivity index (χ1n) is 7.18. The third-order valence-corrected chi connectivity index (χ3v) is 3.30. The Morgan fingerprint density at radius 1 is 1.46 bits per heavy atom. The van der Waals surface area contributed by atoms with Gasteiger partial charge in [0.2, 0.25) is 0 Å². The Kier molecular flexibility index (Phi) is 5.71. The molecule has 1 unspecified atom stereocenters. The molecule has 2 aromatic rings. The van der Waals surface area contributed by atoms with Crippen LogP contribution in [0.3, 0.4) is 0 Å². The molecule has 0 aliphatic rings. The molecule has 0 aliphatic heterocycles. The first kappa shape index (κ1) is 17.2. The second-order valence-electron chi connectivity index (χ2n) is 5.00. The standard InChI is InChI=1S/C17H16FN5O/c1-11(24)15-6-13(18)2-3-14(15)17-16(22-4-5-23-17)10-21-9-12(7-19)8-20/h2-7,9,11,19,21,24H,10H2,1H3/b12-9+,19-7?. The highest BCUT2D eigenvalue weighted by molar-refractivity contribution is 5.80. The Morgan fingerprint density at radius 2 is 2.21 bits per heavy atom. The molecule has 1 heterocycles. The zero-order valence-corrected chi connectivity index (χ0v) is 13.0. The van der Waals surface area contributed by atoms with Crippen molar-refractivity contribution in [3.05, 3.63) is 59.4 Å². The molecule has 0 saturated carbocycles. The van der Waals surface area contributed by atoms with Crippen molar-refractivity contribution >= 4 is 6.21 Å². The van der Waals surface area contributed by atoms with Crippen molar-refractivity contribution in [2.75, 3.05) is 0 Å². The van der Waals surface area contributed by atoms with Gasteiger partial charge in [0, 0.05) is 30.4 Å². The molecule has 1 aromatic heterocycles. The van der Waals surface area contributed by atoms with Crippen molar-refractivity contribution < 1.29 is 9.50 Å². The molecule has 0 bridgehead atoms. The number of hydrogen-bond acceptors (Lipinski definition) is 6. The number of nitriles is 1. The summed E-state index contributed by atoms with van der Waals surface area (Å²) in [6.07, 6.45) is 4.53. The number of aromatic nitrogens is 2. The Bertz CT molecular complexity index is 811. The van der Waals surface area contributed by atoms with Gasteiger partial charge in [0.25, 0.3) is 0 Å². The topological polar surface area (TPSA) is 106 Å². The van der Waals surface area contributed by atoms with Gasteiger partial charge in [0.1, 0.15) is 11.9 Å². The molecule has 122 valence electrons. The quantitative estimate of drug-likeness (QED) is 0.559. The molecule has 24 heavy (non-hydrogen) atoms. The van der Waals surface area contributed by atoms with Gasteiger partial charge < -0.3 is 15.8 Å². The summed E-state index contributed by atoms with van der Waals surface area (Å²) in [5.41, 5.74) is 2.27. The minimum atomic E-state index is -0.860. The molecule has 0 radical (unpaired) electrons. The maximum absolute atomic E-state index is 13.5. The molecular formula is C17H16FN5O. The van der Waals surface area contributed by atoms with E-state index in [1.54, 1.807) is 13.0 Å². The van der Waals surface area contributed by atoms with E-state index in [2.05, 4.69) is 15.3 Å². The molecule has 0 fully saturated rings. The lowest BCUT2D eigenvalue weighted by atomic mass is 9.99. The number of halogens is 1. The summed E-state index contributed by atoms with van der Waals surface area (Å²) < 4.78 is 13.5. The fourth-order valence-electron chi connectivity index (χ4n) is 2.18. The Labute approximate surface area is 138 Å². The zero-order chi connectivity index (χ0) is 17.5. The van der Waals surface area contributed by atoms with Crippen LogP contribution in [-0.2, 0) is 6.54 Å². The van der Waals surface area contributed by atoms with Crippen molar-refractivity contribution in [3.8, 4) is 17.3 Å². The van der Waals surface area contributed by atoms with Gasteiger partial charge in [-0.25, -0.2) is 4.39 Å². The van der Waals surface area contributed by atoms with Gasteiger partial charge >= 0.3 is 0 Å². The van der Waals surface area contributed by atoms with Crippen LogP contribution in [0, 0.1) is 22.6 Å². The Hall–Kier alpha value is -3.11. The van der Waals surface area contributed by atoms with Crippen molar-refractivity contribution in [3.63, 3.8) is 0 Å². The molecule has 0 spiro atoms. The lowest BCUT2D eigenvalue weighted by Gasteiger charge is -2.14. The van der Waals surface area contributed by atoms with Crippen LogP contribution in [0.15, 0.2) is 42.4 Å². The van der Waals surface area contributed by atoms with Gasteiger partial charge in [-0.3, -0.25) is 9.97 Å². The summed E-state index contributed by atoms with van der Waals surface area (Å²) in [6, 6.07) is 5.99. The van der Waals surface area contributed by atoms with E-state index in [1.165, 1.54) is 30.7 Å². The summed E-state index contributed by atoms with van der Waals surface area (Å²) in [4.78, 5) is 8.55. The number of nitrogens with one attached hydrogen (secondary N) is 2. The van der Waals surface area contributed by atoms with Gasteiger partial charge in [-0.1, -0.05) is 0 Å². The van der Waals surface area contributed by atoms with E-state index in [1.807, 2.05) is 6.07 Å². The molecule has 2 rings (SSSR count).